The van der Waals surface area contributed by atoms with Gasteiger partial charge in [0.2, 0.25) is 5.13 Å². The van der Waals surface area contributed by atoms with Gasteiger partial charge in [-0.25, -0.2) is 4.79 Å². The molecular weight excluding hydrogens is 281 g/mol. The molecule has 2 rings (SSSR count). The van der Waals surface area contributed by atoms with E-state index in [0.717, 1.165) is 23.5 Å². The summed E-state index contributed by atoms with van der Waals surface area (Å²) >= 11 is 1.10. The molecule has 0 radical (unpaired) electrons. The highest BCUT2D eigenvalue weighted by atomic mass is 32.1. The lowest BCUT2D eigenvalue weighted by atomic mass is 10.2. The summed E-state index contributed by atoms with van der Waals surface area (Å²) in [5, 5.41) is 12.0. The van der Waals surface area contributed by atoms with Crippen LogP contribution in [0.15, 0.2) is 29.8 Å². The van der Waals surface area contributed by atoms with Gasteiger partial charge in [0, 0.05) is 5.69 Å². The van der Waals surface area contributed by atoms with Crippen molar-refractivity contribution in [3.8, 4) is 0 Å². The maximum absolute atomic E-state index is 12.5. The normalized spacial score (nSPS) is 11.1. The minimum Gasteiger partial charge on any atom is -0.308 e. The molecule has 0 spiro atoms. The molecule has 0 bridgehead atoms. The Morgan fingerprint density at radius 2 is 2.05 bits per heavy atom. The quantitative estimate of drug-likeness (QED) is 0.891. The van der Waals surface area contributed by atoms with E-state index >= 15 is 0 Å². The van der Waals surface area contributed by atoms with Crippen LogP contribution in [0.4, 0.5) is 28.8 Å². The van der Waals surface area contributed by atoms with Crippen molar-refractivity contribution in [2.24, 2.45) is 0 Å². The Labute approximate surface area is 109 Å². The van der Waals surface area contributed by atoms with E-state index in [4.69, 9.17) is 0 Å². The van der Waals surface area contributed by atoms with Crippen LogP contribution in [0, 0.1) is 0 Å². The topological polar surface area (TPSA) is 66.9 Å². The molecule has 19 heavy (non-hydrogen) atoms. The van der Waals surface area contributed by atoms with Crippen LogP contribution in [0.5, 0.6) is 0 Å². The predicted molar refractivity (Wildman–Crippen MR) is 64.0 cm³/mol. The summed E-state index contributed by atoms with van der Waals surface area (Å²) in [7, 11) is 0. The number of carbonyl (C=O) groups excluding carboxylic acids is 1. The second kappa shape index (κ2) is 5.22. The molecule has 0 aliphatic carbocycles. The molecule has 2 aromatic rings. The number of nitrogens with zero attached hydrogens (tertiary/aromatic N) is 2. The minimum absolute atomic E-state index is 0.0387. The van der Waals surface area contributed by atoms with Crippen molar-refractivity contribution in [2.75, 3.05) is 10.6 Å². The molecule has 2 amide bonds. The number of rotatable bonds is 2. The van der Waals surface area contributed by atoms with E-state index in [9.17, 15) is 18.0 Å². The fraction of sp³-hybridized carbons (Fsp3) is 0.100. The van der Waals surface area contributed by atoms with Gasteiger partial charge in [-0.2, -0.15) is 13.2 Å². The highest BCUT2D eigenvalue weighted by molar-refractivity contribution is 7.13. The van der Waals surface area contributed by atoms with Crippen LogP contribution in [0.3, 0.4) is 0 Å². The summed E-state index contributed by atoms with van der Waals surface area (Å²) in [5.41, 5.74) is 0.623. The lowest BCUT2D eigenvalue weighted by molar-refractivity contribution is -0.137. The van der Waals surface area contributed by atoms with Gasteiger partial charge in [-0.1, -0.05) is 17.4 Å². The summed E-state index contributed by atoms with van der Waals surface area (Å²) in [4.78, 5) is 11.5. The second-order valence-corrected chi connectivity index (χ2v) is 4.23. The van der Waals surface area contributed by atoms with E-state index in [1.54, 1.807) is 0 Å². The lowest BCUT2D eigenvalue weighted by Gasteiger charge is -2.09. The third-order valence-electron chi connectivity index (χ3n) is 2.03. The van der Waals surface area contributed by atoms with Gasteiger partial charge >= 0.3 is 12.2 Å². The number of urea groups is 1. The number of nitrogens with one attached hydrogen (secondary N) is 2. The fourth-order valence-corrected chi connectivity index (χ4v) is 1.70. The second-order valence-electron chi connectivity index (χ2n) is 3.40. The number of alkyl halides is 3. The van der Waals surface area contributed by atoms with Gasteiger partial charge in [0.1, 0.15) is 5.51 Å². The molecule has 0 unspecified atom stereocenters. The fourth-order valence-electron chi connectivity index (χ4n) is 1.26. The molecular formula is C10H7F3N4OS. The highest BCUT2D eigenvalue weighted by Crippen LogP contribution is 2.30. The van der Waals surface area contributed by atoms with E-state index in [-0.39, 0.29) is 10.8 Å². The highest BCUT2D eigenvalue weighted by Gasteiger charge is 2.30. The Kier molecular flexibility index (Phi) is 3.65. The smallest absolute Gasteiger partial charge is 0.308 e. The zero-order chi connectivity index (χ0) is 13.9. The first-order chi connectivity index (χ1) is 8.95. The van der Waals surface area contributed by atoms with Crippen LogP contribution in [0.2, 0.25) is 0 Å². The predicted octanol–water partition coefficient (Wildman–Crippen LogP) is 3.20. The van der Waals surface area contributed by atoms with Crippen LogP contribution in [-0.4, -0.2) is 16.2 Å². The molecule has 1 aromatic carbocycles. The maximum atomic E-state index is 12.5. The molecule has 1 aromatic heterocycles. The van der Waals surface area contributed by atoms with Crippen molar-refractivity contribution in [1.29, 1.82) is 0 Å². The molecule has 9 heteroatoms. The number of hydrogen-bond donors (Lipinski definition) is 2. The van der Waals surface area contributed by atoms with E-state index in [2.05, 4.69) is 20.8 Å². The van der Waals surface area contributed by atoms with Crippen LogP contribution in [-0.2, 0) is 6.18 Å². The Morgan fingerprint density at radius 1 is 1.26 bits per heavy atom. The first kappa shape index (κ1) is 13.3. The number of anilines is 2. The van der Waals surface area contributed by atoms with Crippen molar-refractivity contribution < 1.29 is 18.0 Å². The van der Waals surface area contributed by atoms with Gasteiger partial charge in [-0.05, 0) is 18.2 Å². The number of aromatic nitrogens is 2. The first-order valence-electron chi connectivity index (χ1n) is 4.96. The number of amides is 2. The number of benzene rings is 1. The van der Waals surface area contributed by atoms with E-state index in [0.29, 0.717) is 0 Å². The summed E-state index contributed by atoms with van der Waals surface area (Å²) in [6.45, 7) is 0. The molecule has 0 atom stereocenters. The molecule has 5 nitrogen and oxygen atoms in total. The van der Waals surface area contributed by atoms with Crippen LogP contribution in [0.25, 0.3) is 0 Å². The van der Waals surface area contributed by atoms with Crippen molar-refractivity contribution in [3.05, 3.63) is 35.3 Å². The summed E-state index contributed by atoms with van der Waals surface area (Å²) in [6, 6.07) is 3.65. The van der Waals surface area contributed by atoms with Crippen molar-refractivity contribution in [1.82, 2.24) is 10.2 Å². The van der Waals surface area contributed by atoms with E-state index in [1.807, 2.05) is 0 Å². The van der Waals surface area contributed by atoms with Gasteiger partial charge < -0.3 is 5.32 Å². The third-order valence-corrected chi connectivity index (χ3v) is 2.63. The summed E-state index contributed by atoms with van der Waals surface area (Å²) < 4.78 is 37.4. The largest absolute Gasteiger partial charge is 0.416 e. The maximum Gasteiger partial charge on any atom is 0.416 e. The Balaban J connectivity index is 2.05. The molecule has 0 saturated carbocycles. The molecule has 1 heterocycles. The third kappa shape index (κ3) is 3.65. The standard InChI is InChI=1S/C10H7F3N4OS/c11-10(12,13)6-2-1-3-7(4-6)15-8(18)16-9-17-14-5-19-9/h1-5H,(H2,15,16,17,18). The molecule has 100 valence electrons. The van der Waals surface area contributed by atoms with E-state index < -0.39 is 17.8 Å². The first-order valence-corrected chi connectivity index (χ1v) is 5.84. The lowest BCUT2D eigenvalue weighted by Crippen LogP contribution is -2.19. The van der Waals surface area contributed by atoms with Gasteiger partial charge in [0.15, 0.2) is 0 Å². The number of hydrogen-bond acceptors (Lipinski definition) is 4. The average Bonchev–Trinajstić information content (AvgIpc) is 2.80. The van der Waals surface area contributed by atoms with Crippen LogP contribution in [0.1, 0.15) is 5.56 Å². The SMILES string of the molecule is O=C(Nc1cccc(C(F)(F)F)c1)Nc1nncs1. The van der Waals surface area contributed by atoms with Gasteiger partial charge in [0.25, 0.3) is 0 Å². The number of halogens is 3. The molecule has 2 N–H and O–H groups in total. The molecule has 0 aliphatic heterocycles. The van der Waals surface area contributed by atoms with Gasteiger partial charge in [0.05, 0.1) is 5.56 Å². The molecule has 0 fully saturated rings. The zero-order valence-corrected chi connectivity index (χ0v) is 10.0. The summed E-state index contributed by atoms with van der Waals surface area (Å²) in [6.07, 6.45) is -4.45. The Hall–Kier alpha value is -2.16. The van der Waals surface area contributed by atoms with Crippen molar-refractivity contribution in [2.45, 2.75) is 6.18 Å². The van der Waals surface area contributed by atoms with Gasteiger partial charge in [-0.15, -0.1) is 10.2 Å². The van der Waals surface area contributed by atoms with Crippen molar-refractivity contribution >= 4 is 28.2 Å². The van der Waals surface area contributed by atoms with Crippen LogP contribution >= 0.6 is 11.3 Å². The Bertz CT molecular complexity index is 570. The summed E-state index contributed by atoms with van der Waals surface area (Å²) in [5.74, 6) is 0. The van der Waals surface area contributed by atoms with Gasteiger partial charge in [-0.3, -0.25) is 5.32 Å². The monoisotopic (exact) mass is 288 g/mol. The van der Waals surface area contributed by atoms with Crippen LogP contribution < -0.4 is 10.6 Å². The van der Waals surface area contributed by atoms with Crippen molar-refractivity contribution in [3.63, 3.8) is 0 Å². The van der Waals surface area contributed by atoms with E-state index in [1.165, 1.54) is 17.6 Å². The Morgan fingerprint density at radius 3 is 2.68 bits per heavy atom. The molecule has 0 aliphatic rings. The molecule has 0 saturated heterocycles. The zero-order valence-electron chi connectivity index (χ0n) is 9.23. The average molecular weight is 288 g/mol. The minimum atomic E-state index is -4.45. The number of carbonyl (C=O) groups is 1.